The van der Waals surface area contributed by atoms with Gasteiger partial charge in [-0.2, -0.15) is 0 Å². The number of imidazole rings is 1. The van der Waals surface area contributed by atoms with Gasteiger partial charge in [-0.25, -0.2) is 20.4 Å². The third-order valence-corrected chi connectivity index (χ3v) is 3.39. The van der Waals surface area contributed by atoms with Gasteiger partial charge >= 0.3 is 0 Å². The molecule has 10 heteroatoms. The number of hydrogen-bond donors (Lipinski definition) is 5. The van der Waals surface area contributed by atoms with Crippen molar-refractivity contribution in [3.8, 4) is 0 Å². The fourth-order valence-electron chi connectivity index (χ4n) is 2.36. The van der Waals surface area contributed by atoms with Gasteiger partial charge in [-0.15, -0.1) is 0 Å². The standard InChI is InChI=1S/C11H16N6O4/c1-12-16-9-6-10(14-3-13-9)17(4-15-6)11-8(20)7(19)5(2-18)21-11/h3-5,7-8,11-12,18-20H,2H2,1H3,(H,13,14,16)/t5-,7-,8-,11-/m1/s1. The third-order valence-electron chi connectivity index (χ3n) is 3.39. The molecule has 0 saturated carbocycles. The van der Waals surface area contributed by atoms with Crippen LogP contribution in [0.2, 0.25) is 0 Å². The summed E-state index contributed by atoms with van der Waals surface area (Å²) in [5.74, 6) is 0.480. The van der Waals surface area contributed by atoms with Crippen molar-refractivity contribution in [2.45, 2.75) is 24.5 Å². The van der Waals surface area contributed by atoms with Crippen molar-refractivity contribution in [3.63, 3.8) is 0 Å². The van der Waals surface area contributed by atoms with Crippen LogP contribution in [0.5, 0.6) is 0 Å². The average molecular weight is 296 g/mol. The normalized spacial score (nSPS) is 29.1. The summed E-state index contributed by atoms with van der Waals surface area (Å²) in [5.41, 5.74) is 6.50. The number of aliphatic hydroxyl groups is 3. The second-order valence-electron chi connectivity index (χ2n) is 4.65. The zero-order valence-corrected chi connectivity index (χ0v) is 11.2. The first-order chi connectivity index (χ1) is 10.2. The molecule has 0 bridgehead atoms. The van der Waals surface area contributed by atoms with E-state index in [9.17, 15) is 10.2 Å². The van der Waals surface area contributed by atoms with E-state index >= 15 is 0 Å². The molecule has 1 aliphatic rings. The molecule has 0 aromatic carbocycles. The number of aliphatic hydroxyl groups excluding tert-OH is 3. The lowest BCUT2D eigenvalue weighted by molar-refractivity contribution is -0.0511. The lowest BCUT2D eigenvalue weighted by Crippen LogP contribution is -2.33. The highest BCUT2D eigenvalue weighted by atomic mass is 16.6. The summed E-state index contributed by atoms with van der Waals surface area (Å²) in [6.07, 6.45) is -1.29. The van der Waals surface area contributed by atoms with Crippen LogP contribution in [-0.4, -0.2) is 66.8 Å². The summed E-state index contributed by atoms with van der Waals surface area (Å²) in [6.45, 7) is -0.386. The van der Waals surface area contributed by atoms with Crippen molar-refractivity contribution in [3.05, 3.63) is 12.7 Å². The highest BCUT2D eigenvalue weighted by Crippen LogP contribution is 2.31. The minimum atomic E-state index is -1.18. The summed E-state index contributed by atoms with van der Waals surface area (Å²) < 4.78 is 6.97. The van der Waals surface area contributed by atoms with Gasteiger partial charge < -0.3 is 25.5 Å². The second-order valence-corrected chi connectivity index (χ2v) is 4.65. The Labute approximate surface area is 119 Å². The molecule has 1 aliphatic heterocycles. The Bertz CT molecular complexity index is 634. The van der Waals surface area contributed by atoms with Crippen LogP contribution in [0.25, 0.3) is 11.2 Å². The van der Waals surface area contributed by atoms with Gasteiger partial charge in [-0.3, -0.25) is 4.57 Å². The van der Waals surface area contributed by atoms with E-state index in [2.05, 4.69) is 25.8 Å². The molecule has 2 aromatic heterocycles. The van der Waals surface area contributed by atoms with Gasteiger partial charge in [-0.1, -0.05) is 0 Å². The van der Waals surface area contributed by atoms with Crippen molar-refractivity contribution in [1.82, 2.24) is 24.9 Å². The van der Waals surface area contributed by atoms with Gasteiger partial charge in [0.2, 0.25) is 0 Å². The van der Waals surface area contributed by atoms with Crippen molar-refractivity contribution >= 4 is 17.0 Å². The molecule has 0 radical (unpaired) electrons. The van der Waals surface area contributed by atoms with E-state index in [-0.39, 0.29) is 6.61 Å². The summed E-state index contributed by atoms with van der Waals surface area (Å²) in [4.78, 5) is 12.4. The maximum Gasteiger partial charge on any atom is 0.171 e. The first-order valence-corrected chi connectivity index (χ1v) is 6.40. The molecule has 1 fully saturated rings. The third kappa shape index (κ3) is 2.22. The van der Waals surface area contributed by atoms with Crippen molar-refractivity contribution in [1.29, 1.82) is 0 Å². The Morgan fingerprint density at radius 1 is 1.29 bits per heavy atom. The zero-order valence-electron chi connectivity index (χ0n) is 11.2. The molecule has 2 aromatic rings. The van der Waals surface area contributed by atoms with E-state index in [4.69, 9.17) is 9.84 Å². The molecule has 5 N–H and O–H groups in total. The molecular weight excluding hydrogens is 280 g/mol. The monoisotopic (exact) mass is 296 g/mol. The lowest BCUT2D eigenvalue weighted by Gasteiger charge is -2.16. The maximum absolute atomic E-state index is 10.1. The first kappa shape index (κ1) is 14.1. The molecule has 4 atom stereocenters. The average Bonchev–Trinajstić information content (AvgIpc) is 3.03. The van der Waals surface area contributed by atoms with E-state index in [1.165, 1.54) is 17.2 Å². The summed E-state index contributed by atoms with van der Waals surface area (Å²) in [7, 11) is 1.69. The summed E-state index contributed by atoms with van der Waals surface area (Å²) in [5, 5.41) is 29.0. The Hall–Kier alpha value is -1.85. The number of hydrogen-bond acceptors (Lipinski definition) is 9. The van der Waals surface area contributed by atoms with Gasteiger partial charge in [-0.05, 0) is 0 Å². The van der Waals surface area contributed by atoms with Crippen LogP contribution < -0.4 is 10.9 Å². The zero-order chi connectivity index (χ0) is 15.0. The molecule has 0 spiro atoms. The van der Waals surface area contributed by atoms with E-state index in [0.29, 0.717) is 17.0 Å². The lowest BCUT2D eigenvalue weighted by atomic mass is 10.1. The largest absolute Gasteiger partial charge is 0.394 e. The van der Waals surface area contributed by atoms with Crippen molar-refractivity contribution in [2.75, 3.05) is 19.1 Å². The number of anilines is 1. The number of ether oxygens (including phenoxy) is 1. The Morgan fingerprint density at radius 2 is 2.10 bits per heavy atom. The van der Waals surface area contributed by atoms with Crippen LogP contribution in [0.15, 0.2) is 12.7 Å². The number of nitrogens with zero attached hydrogens (tertiary/aromatic N) is 4. The van der Waals surface area contributed by atoms with Gasteiger partial charge in [0.1, 0.15) is 24.6 Å². The van der Waals surface area contributed by atoms with Gasteiger partial charge in [0.05, 0.1) is 12.9 Å². The Kier molecular flexibility index (Phi) is 3.69. The van der Waals surface area contributed by atoms with Crippen molar-refractivity contribution < 1.29 is 20.1 Å². The SMILES string of the molecule is CNNc1ncnc2c1ncn2[C@@H]1O[C@H](CO)[C@@H](O)[C@H]1O. The number of aromatic nitrogens is 4. The summed E-state index contributed by atoms with van der Waals surface area (Å²) in [6, 6.07) is 0. The molecule has 114 valence electrons. The first-order valence-electron chi connectivity index (χ1n) is 6.40. The molecule has 0 amide bonds. The van der Waals surface area contributed by atoms with Crippen LogP contribution in [0, 0.1) is 0 Å². The van der Waals surface area contributed by atoms with E-state index < -0.39 is 24.5 Å². The molecule has 1 saturated heterocycles. The van der Waals surface area contributed by atoms with E-state index in [0.717, 1.165) is 0 Å². The molecular formula is C11H16N6O4. The fourth-order valence-corrected chi connectivity index (χ4v) is 2.36. The molecule has 3 rings (SSSR count). The van der Waals surface area contributed by atoms with Gasteiger partial charge in [0, 0.05) is 7.05 Å². The topological polar surface area (TPSA) is 138 Å². The quantitative estimate of drug-likeness (QED) is 0.405. The van der Waals surface area contributed by atoms with Crippen LogP contribution in [0.1, 0.15) is 6.23 Å². The van der Waals surface area contributed by atoms with Crippen LogP contribution in [-0.2, 0) is 4.74 Å². The number of nitrogens with one attached hydrogen (secondary N) is 2. The second kappa shape index (κ2) is 5.50. The fraction of sp³-hybridized carbons (Fsp3) is 0.545. The van der Waals surface area contributed by atoms with Crippen LogP contribution >= 0.6 is 0 Å². The Balaban J connectivity index is 2.00. The van der Waals surface area contributed by atoms with Gasteiger partial charge in [0.15, 0.2) is 23.2 Å². The molecule has 3 heterocycles. The van der Waals surface area contributed by atoms with E-state index in [1.54, 1.807) is 7.05 Å². The van der Waals surface area contributed by atoms with E-state index in [1.807, 2.05) is 0 Å². The minimum absolute atomic E-state index is 0.386. The van der Waals surface area contributed by atoms with Crippen LogP contribution in [0.4, 0.5) is 5.82 Å². The maximum atomic E-state index is 10.1. The van der Waals surface area contributed by atoms with Gasteiger partial charge in [0.25, 0.3) is 0 Å². The predicted octanol–water partition coefficient (Wildman–Crippen LogP) is -2.02. The Morgan fingerprint density at radius 3 is 2.76 bits per heavy atom. The van der Waals surface area contributed by atoms with Crippen molar-refractivity contribution in [2.24, 2.45) is 0 Å². The predicted molar refractivity (Wildman–Crippen MR) is 71.0 cm³/mol. The molecule has 0 aliphatic carbocycles. The molecule has 10 nitrogen and oxygen atoms in total. The number of hydrazine groups is 1. The van der Waals surface area contributed by atoms with Crippen LogP contribution in [0.3, 0.4) is 0 Å². The highest BCUT2D eigenvalue weighted by Gasteiger charge is 2.43. The summed E-state index contributed by atoms with van der Waals surface area (Å²) >= 11 is 0. The molecule has 0 unspecified atom stereocenters. The molecule has 21 heavy (non-hydrogen) atoms. The smallest absolute Gasteiger partial charge is 0.171 e. The highest BCUT2D eigenvalue weighted by molar-refractivity contribution is 5.82. The number of fused-ring (bicyclic) bond motifs is 1. The number of rotatable bonds is 4. The minimum Gasteiger partial charge on any atom is -0.394 e.